The Hall–Kier alpha value is -0.770. The number of nitrogens with zero attached hydrogens (tertiary/aromatic N) is 1. The average Bonchev–Trinajstić information content (AvgIpc) is 2.87. The van der Waals surface area contributed by atoms with Crippen LogP contribution in [0.5, 0.6) is 0 Å². The van der Waals surface area contributed by atoms with Crippen LogP contribution in [-0.2, 0) is 4.79 Å². The number of rotatable bonds is 4. The van der Waals surface area contributed by atoms with Crippen LogP contribution in [0.2, 0.25) is 10.0 Å². The summed E-state index contributed by atoms with van der Waals surface area (Å²) < 4.78 is 0. The molecule has 2 unspecified atom stereocenters. The molecule has 2 rings (SSSR count). The highest BCUT2D eigenvalue weighted by Gasteiger charge is 2.48. The smallest absolute Gasteiger partial charge is 0.311 e. The van der Waals surface area contributed by atoms with Gasteiger partial charge in [-0.15, -0.1) is 0 Å². The zero-order chi connectivity index (χ0) is 15.8. The van der Waals surface area contributed by atoms with Crippen LogP contribution in [0.1, 0.15) is 38.8 Å². The lowest BCUT2D eigenvalue weighted by Gasteiger charge is -2.31. The minimum absolute atomic E-state index is 0.0520. The van der Waals surface area contributed by atoms with E-state index < -0.39 is 11.4 Å². The summed E-state index contributed by atoms with van der Waals surface area (Å²) in [6, 6.07) is 5.65. The zero-order valence-corrected chi connectivity index (χ0v) is 14.1. The van der Waals surface area contributed by atoms with Gasteiger partial charge in [0.1, 0.15) is 0 Å². The first-order valence-corrected chi connectivity index (χ1v) is 7.96. The summed E-state index contributed by atoms with van der Waals surface area (Å²) in [5.74, 6) is -0.605. The fourth-order valence-corrected chi connectivity index (χ4v) is 3.59. The molecule has 5 heteroatoms. The van der Waals surface area contributed by atoms with Gasteiger partial charge in [-0.2, -0.15) is 0 Å². The lowest BCUT2D eigenvalue weighted by Crippen LogP contribution is -2.39. The highest BCUT2D eigenvalue weighted by molar-refractivity contribution is 6.42. The molecule has 0 aliphatic carbocycles. The maximum absolute atomic E-state index is 11.7. The van der Waals surface area contributed by atoms with E-state index in [0.29, 0.717) is 23.0 Å². The highest BCUT2D eigenvalue weighted by Crippen LogP contribution is 2.42. The van der Waals surface area contributed by atoms with Crippen molar-refractivity contribution in [2.24, 2.45) is 11.3 Å². The van der Waals surface area contributed by atoms with Crippen molar-refractivity contribution in [3.8, 4) is 0 Å². The standard InChI is InChI=1S/C16H21Cl2NO2/c1-10(2)16(15(20)21)7-8-19(9-16)11(3)12-5-4-6-13(17)14(12)18/h4-6,10-11H,7-9H2,1-3H3,(H,20,21). The van der Waals surface area contributed by atoms with Gasteiger partial charge in [0.2, 0.25) is 0 Å². The second-order valence-corrected chi connectivity index (χ2v) is 6.94. The van der Waals surface area contributed by atoms with E-state index in [2.05, 4.69) is 11.8 Å². The van der Waals surface area contributed by atoms with Crippen molar-refractivity contribution in [3.05, 3.63) is 33.8 Å². The first-order chi connectivity index (χ1) is 9.79. The number of carbonyl (C=O) groups is 1. The van der Waals surface area contributed by atoms with E-state index in [0.717, 1.165) is 12.1 Å². The van der Waals surface area contributed by atoms with E-state index in [1.807, 2.05) is 26.0 Å². The van der Waals surface area contributed by atoms with Crippen molar-refractivity contribution in [1.82, 2.24) is 4.90 Å². The number of aliphatic carboxylic acids is 1. The quantitative estimate of drug-likeness (QED) is 0.884. The van der Waals surface area contributed by atoms with Crippen molar-refractivity contribution in [3.63, 3.8) is 0 Å². The van der Waals surface area contributed by atoms with Crippen molar-refractivity contribution in [2.75, 3.05) is 13.1 Å². The van der Waals surface area contributed by atoms with Crippen LogP contribution in [0.3, 0.4) is 0 Å². The SMILES string of the molecule is CC(c1cccc(Cl)c1Cl)N1CCC(C(=O)O)(C(C)C)C1. The molecule has 2 atom stereocenters. The molecule has 0 amide bonds. The predicted octanol–water partition coefficient (Wildman–Crippen LogP) is 4.49. The van der Waals surface area contributed by atoms with Crippen LogP contribution in [0.25, 0.3) is 0 Å². The molecule has 0 spiro atoms. The molecule has 0 bridgehead atoms. The van der Waals surface area contributed by atoms with Crippen molar-refractivity contribution in [2.45, 2.75) is 33.2 Å². The van der Waals surface area contributed by atoms with Gasteiger partial charge in [0, 0.05) is 12.6 Å². The summed E-state index contributed by atoms with van der Waals surface area (Å²) in [4.78, 5) is 13.9. The molecular weight excluding hydrogens is 309 g/mol. The van der Waals surface area contributed by atoms with Gasteiger partial charge in [0.15, 0.2) is 0 Å². The molecule has 1 N–H and O–H groups in total. The highest BCUT2D eigenvalue weighted by atomic mass is 35.5. The van der Waals surface area contributed by atoms with Gasteiger partial charge in [0.25, 0.3) is 0 Å². The van der Waals surface area contributed by atoms with Crippen LogP contribution in [-0.4, -0.2) is 29.1 Å². The molecule has 21 heavy (non-hydrogen) atoms. The molecular formula is C16H21Cl2NO2. The van der Waals surface area contributed by atoms with Gasteiger partial charge < -0.3 is 5.11 Å². The van der Waals surface area contributed by atoms with Crippen LogP contribution in [0, 0.1) is 11.3 Å². The van der Waals surface area contributed by atoms with Gasteiger partial charge in [0.05, 0.1) is 15.5 Å². The van der Waals surface area contributed by atoms with E-state index in [-0.39, 0.29) is 12.0 Å². The number of halogens is 2. The summed E-state index contributed by atoms with van der Waals surface area (Å²) in [5.41, 5.74) is 0.286. The Morgan fingerprint density at radius 2 is 2.00 bits per heavy atom. The van der Waals surface area contributed by atoms with Gasteiger partial charge >= 0.3 is 5.97 Å². The minimum atomic E-state index is -0.704. The second-order valence-electron chi connectivity index (χ2n) is 6.16. The van der Waals surface area contributed by atoms with Crippen molar-refractivity contribution >= 4 is 29.2 Å². The molecule has 0 aromatic heterocycles. The summed E-state index contributed by atoms with van der Waals surface area (Å²) in [6.07, 6.45) is 0.669. The van der Waals surface area contributed by atoms with E-state index >= 15 is 0 Å². The molecule has 1 aromatic carbocycles. The molecule has 1 aliphatic heterocycles. The normalized spacial score (nSPS) is 24.5. The van der Waals surface area contributed by atoms with Gasteiger partial charge in [-0.05, 0) is 37.4 Å². The molecule has 116 valence electrons. The molecule has 1 fully saturated rings. The van der Waals surface area contributed by atoms with Gasteiger partial charge in [-0.25, -0.2) is 0 Å². The molecule has 1 heterocycles. The monoisotopic (exact) mass is 329 g/mol. The van der Waals surface area contributed by atoms with Crippen molar-refractivity contribution in [1.29, 1.82) is 0 Å². The van der Waals surface area contributed by atoms with E-state index in [1.165, 1.54) is 0 Å². The lowest BCUT2D eigenvalue weighted by molar-refractivity contribution is -0.151. The third kappa shape index (κ3) is 2.92. The number of benzene rings is 1. The molecule has 1 aromatic rings. The average molecular weight is 330 g/mol. The molecule has 0 radical (unpaired) electrons. The van der Waals surface area contributed by atoms with E-state index in [4.69, 9.17) is 23.2 Å². The Kier molecular flexibility index (Phi) is 4.86. The third-order valence-corrected chi connectivity index (χ3v) is 5.67. The number of hydrogen-bond acceptors (Lipinski definition) is 2. The Labute approximate surface area is 135 Å². The Morgan fingerprint density at radius 1 is 1.33 bits per heavy atom. The fraction of sp³-hybridized carbons (Fsp3) is 0.562. The Morgan fingerprint density at radius 3 is 2.52 bits per heavy atom. The summed E-state index contributed by atoms with van der Waals surface area (Å²) in [7, 11) is 0. The van der Waals surface area contributed by atoms with Crippen LogP contribution < -0.4 is 0 Å². The first-order valence-electron chi connectivity index (χ1n) is 7.21. The summed E-state index contributed by atoms with van der Waals surface area (Å²) >= 11 is 12.4. The first kappa shape index (κ1) is 16.6. The predicted molar refractivity (Wildman–Crippen MR) is 86.0 cm³/mol. The van der Waals surface area contributed by atoms with E-state index in [9.17, 15) is 9.90 Å². The van der Waals surface area contributed by atoms with Crippen LogP contribution in [0.15, 0.2) is 18.2 Å². The Bertz CT molecular complexity index is 547. The molecule has 0 saturated carbocycles. The van der Waals surface area contributed by atoms with Crippen LogP contribution in [0.4, 0.5) is 0 Å². The van der Waals surface area contributed by atoms with Gasteiger partial charge in [-0.3, -0.25) is 9.69 Å². The Balaban J connectivity index is 2.25. The number of carboxylic acid groups (broad SMARTS) is 1. The molecule has 1 aliphatic rings. The number of likely N-dealkylation sites (tertiary alicyclic amines) is 1. The number of carboxylic acids is 1. The lowest BCUT2D eigenvalue weighted by atomic mass is 9.76. The topological polar surface area (TPSA) is 40.5 Å². The van der Waals surface area contributed by atoms with E-state index in [1.54, 1.807) is 6.07 Å². The van der Waals surface area contributed by atoms with Gasteiger partial charge in [-0.1, -0.05) is 49.2 Å². The second kappa shape index (κ2) is 6.15. The summed E-state index contributed by atoms with van der Waals surface area (Å²) in [6.45, 7) is 7.32. The molecule has 1 saturated heterocycles. The largest absolute Gasteiger partial charge is 0.481 e. The third-order valence-electron chi connectivity index (χ3n) is 4.84. The van der Waals surface area contributed by atoms with Crippen LogP contribution >= 0.6 is 23.2 Å². The maximum atomic E-state index is 11.7. The zero-order valence-electron chi connectivity index (χ0n) is 12.6. The van der Waals surface area contributed by atoms with Crippen molar-refractivity contribution < 1.29 is 9.90 Å². The minimum Gasteiger partial charge on any atom is -0.481 e. The molecule has 3 nitrogen and oxygen atoms in total. The maximum Gasteiger partial charge on any atom is 0.311 e. The fourth-order valence-electron chi connectivity index (χ4n) is 3.13. The summed E-state index contributed by atoms with van der Waals surface area (Å²) in [5, 5.41) is 10.7. The number of hydrogen-bond donors (Lipinski definition) is 1.